The number of alkyl halides is 2. The first-order chi connectivity index (χ1) is 8.54. The van der Waals surface area contributed by atoms with Gasteiger partial charge >= 0.3 is 0 Å². The van der Waals surface area contributed by atoms with Gasteiger partial charge in [-0.1, -0.05) is 42.3 Å². The topological polar surface area (TPSA) is 38.8 Å². The van der Waals surface area contributed by atoms with Gasteiger partial charge in [-0.25, -0.2) is 0 Å². The summed E-state index contributed by atoms with van der Waals surface area (Å²) in [5.74, 6) is 0.0528. The predicted octanol–water partition coefficient (Wildman–Crippen LogP) is 2.20. The van der Waals surface area contributed by atoms with Crippen molar-refractivity contribution >= 4 is 29.1 Å². The molecule has 0 atom stereocenters. The number of hydrogen-bond acceptors (Lipinski definition) is 3. The van der Waals surface area contributed by atoms with E-state index < -0.39 is 11.1 Å². The monoisotopic (exact) mass is 295 g/mol. The van der Waals surface area contributed by atoms with Crippen LogP contribution >= 0.6 is 23.2 Å². The fourth-order valence-electron chi connectivity index (χ4n) is 1.55. The van der Waals surface area contributed by atoms with Crippen molar-refractivity contribution in [2.24, 2.45) is 5.92 Å². The Morgan fingerprint density at radius 1 is 1.44 bits per heavy atom. The van der Waals surface area contributed by atoms with Crippen molar-refractivity contribution in [3.63, 3.8) is 0 Å². The van der Waals surface area contributed by atoms with Crippen molar-refractivity contribution in [1.29, 1.82) is 0 Å². The molecule has 104 valence electrons. The molecule has 0 radical (unpaired) electrons. The molecule has 1 aliphatic rings. The summed E-state index contributed by atoms with van der Waals surface area (Å²) >= 11 is 11.2. The van der Waals surface area contributed by atoms with E-state index in [1.165, 1.54) is 4.90 Å². The zero-order chi connectivity index (χ0) is 13.5. The Morgan fingerprint density at radius 2 is 2.06 bits per heavy atom. The van der Waals surface area contributed by atoms with Crippen molar-refractivity contribution in [2.75, 3.05) is 26.3 Å². The van der Waals surface area contributed by atoms with Crippen molar-refractivity contribution in [3.8, 4) is 0 Å². The second-order valence-corrected chi connectivity index (χ2v) is 5.41. The summed E-state index contributed by atoms with van der Waals surface area (Å²) in [7, 11) is 0. The third-order valence-electron chi connectivity index (χ3n) is 2.56. The second kappa shape index (κ2) is 8.00. The first kappa shape index (κ1) is 15.8. The Labute approximate surface area is 118 Å². The average Bonchev–Trinajstić information content (AvgIpc) is 2.35. The van der Waals surface area contributed by atoms with Crippen LogP contribution in [0.5, 0.6) is 0 Å². The molecule has 1 amide bonds. The summed E-state index contributed by atoms with van der Waals surface area (Å²) in [4.78, 5) is 12.3. The van der Waals surface area contributed by atoms with Crippen molar-refractivity contribution in [3.05, 3.63) is 12.2 Å². The third-order valence-corrected chi connectivity index (χ3v) is 2.94. The summed E-state index contributed by atoms with van der Waals surface area (Å²) in [6.45, 7) is 6.00. The number of halogens is 2. The first-order valence-corrected chi connectivity index (χ1v) is 6.83. The largest absolute Gasteiger partial charge is 0.350 e. The molecule has 1 aliphatic heterocycles. The Kier molecular flexibility index (Phi) is 7.00. The molecule has 1 heterocycles. The minimum atomic E-state index is -1.06. The Hall–Kier alpha value is -0.290. The van der Waals surface area contributed by atoms with Crippen LogP contribution in [0.4, 0.5) is 0 Å². The number of carbonyl (C=O) groups is 1. The zero-order valence-corrected chi connectivity index (χ0v) is 12.2. The summed E-state index contributed by atoms with van der Waals surface area (Å²) in [5.41, 5.74) is 0. The fourth-order valence-corrected chi connectivity index (χ4v) is 1.83. The van der Waals surface area contributed by atoms with E-state index in [9.17, 15) is 4.79 Å². The first-order valence-electron chi connectivity index (χ1n) is 5.96. The standard InChI is InChI=1S/C12H19Cl2NO3/c1-3-4-5-15(12(16)11(13)14)6-10-17-7-9(2)8-18-10/h3-4,9-11H,5-8H2,1-2H3. The van der Waals surface area contributed by atoms with Gasteiger partial charge in [0.2, 0.25) is 0 Å². The molecular formula is C12H19Cl2NO3. The van der Waals surface area contributed by atoms with Crippen LogP contribution in [-0.2, 0) is 14.3 Å². The molecule has 0 aromatic heterocycles. The number of rotatable bonds is 5. The van der Waals surface area contributed by atoms with Crippen LogP contribution in [0.3, 0.4) is 0 Å². The zero-order valence-electron chi connectivity index (χ0n) is 10.6. The minimum Gasteiger partial charge on any atom is -0.350 e. The molecule has 0 bridgehead atoms. The van der Waals surface area contributed by atoms with Crippen LogP contribution in [0, 0.1) is 5.92 Å². The van der Waals surface area contributed by atoms with Gasteiger partial charge in [-0.3, -0.25) is 4.79 Å². The van der Waals surface area contributed by atoms with Gasteiger partial charge in [0.25, 0.3) is 5.91 Å². The van der Waals surface area contributed by atoms with Crippen molar-refractivity contribution in [1.82, 2.24) is 4.90 Å². The Balaban J connectivity index is 2.52. The predicted molar refractivity (Wildman–Crippen MR) is 71.7 cm³/mol. The third kappa shape index (κ3) is 5.14. The molecular weight excluding hydrogens is 277 g/mol. The molecule has 1 fully saturated rings. The van der Waals surface area contributed by atoms with Gasteiger partial charge in [-0.2, -0.15) is 0 Å². The number of amides is 1. The van der Waals surface area contributed by atoms with Crippen LogP contribution in [0.15, 0.2) is 12.2 Å². The molecule has 1 rings (SSSR count). The molecule has 0 unspecified atom stereocenters. The van der Waals surface area contributed by atoms with Crippen LogP contribution in [-0.4, -0.2) is 48.2 Å². The maximum Gasteiger partial charge on any atom is 0.256 e. The molecule has 1 saturated heterocycles. The number of carbonyl (C=O) groups excluding carboxylic acids is 1. The number of nitrogens with zero attached hydrogens (tertiary/aromatic N) is 1. The Bertz CT molecular complexity index is 289. The molecule has 4 nitrogen and oxygen atoms in total. The highest BCUT2D eigenvalue weighted by atomic mass is 35.5. The van der Waals surface area contributed by atoms with Gasteiger partial charge in [-0.15, -0.1) is 0 Å². The molecule has 0 N–H and O–H groups in total. The lowest BCUT2D eigenvalue weighted by Crippen LogP contribution is -2.44. The maximum atomic E-state index is 11.8. The van der Waals surface area contributed by atoms with Gasteiger partial charge in [0, 0.05) is 12.5 Å². The lowest BCUT2D eigenvalue weighted by atomic mass is 10.2. The summed E-state index contributed by atoms with van der Waals surface area (Å²) < 4.78 is 11.0. The van der Waals surface area contributed by atoms with E-state index in [2.05, 4.69) is 0 Å². The number of allylic oxidation sites excluding steroid dienone is 1. The summed E-state index contributed by atoms with van der Waals surface area (Å²) in [6.07, 6.45) is 3.32. The highest BCUT2D eigenvalue weighted by molar-refractivity contribution is 6.53. The van der Waals surface area contributed by atoms with E-state index in [-0.39, 0.29) is 5.91 Å². The highest BCUT2D eigenvalue weighted by Gasteiger charge is 2.26. The minimum absolute atomic E-state index is 0.331. The highest BCUT2D eigenvalue weighted by Crippen LogP contribution is 2.14. The lowest BCUT2D eigenvalue weighted by Gasteiger charge is -2.31. The van der Waals surface area contributed by atoms with E-state index in [4.69, 9.17) is 32.7 Å². The second-order valence-electron chi connectivity index (χ2n) is 4.31. The smallest absolute Gasteiger partial charge is 0.256 e. The van der Waals surface area contributed by atoms with Crippen LogP contribution in [0.25, 0.3) is 0 Å². The number of ether oxygens (including phenoxy) is 2. The lowest BCUT2D eigenvalue weighted by molar-refractivity contribution is -0.204. The fraction of sp³-hybridized carbons (Fsp3) is 0.750. The number of hydrogen-bond donors (Lipinski definition) is 0. The van der Waals surface area contributed by atoms with Gasteiger partial charge in [-0.05, 0) is 6.92 Å². The average molecular weight is 296 g/mol. The molecule has 0 saturated carbocycles. The van der Waals surface area contributed by atoms with Crippen LogP contribution < -0.4 is 0 Å². The van der Waals surface area contributed by atoms with Crippen LogP contribution in [0.2, 0.25) is 0 Å². The van der Waals surface area contributed by atoms with E-state index in [0.717, 1.165) is 0 Å². The summed E-state index contributed by atoms with van der Waals surface area (Å²) in [6, 6.07) is 0. The van der Waals surface area contributed by atoms with E-state index in [1.807, 2.05) is 26.0 Å². The Morgan fingerprint density at radius 3 is 2.56 bits per heavy atom. The quantitative estimate of drug-likeness (QED) is 0.577. The molecule has 18 heavy (non-hydrogen) atoms. The maximum absolute atomic E-state index is 11.8. The van der Waals surface area contributed by atoms with Gasteiger partial charge in [0.05, 0.1) is 19.8 Å². The molecule has 0 spiro atoms. The van der Waals surface area contributed by atoms with Crippen LogP contribution in [0.1, 0.15) is 13.8 Å². The summed E-state index contributed by atoms with van der Waals surface area (Å²) in [5, 5.41) is 0. The van der Waals surface area contributed by atoms with E-state index in [1.54, 1.807) is 0 Å². The van der Waals surface area contributed by atoms with Gasteiger partial charge < -0.3 is 14.4 Å². The van der Waals surface area contributed by atoms with E-state index in [0.29, 0.717) is 32.2 Å². The molecule has 0 aliphatic carbocycles. The van der Waals surface area contributed by atoms with Crippen molar-refractivity contribution < 1.29 is 14.3 Å². The molecule has 0 aromatic rings. The SMILES string of the molecule is CC=CCN(CC1OCC(C)CO1)C(=O)C(Cl)Cl. The van der Waals surface area contributed by atoms with Crippen molar-refractivity contribution in [2.45, 2.75) is 25.0 Å². The van der Waals surface area contributed by atoms with Gasteiger partial charge in [0.1, 0.15) is 0 Å². The van der Waals surface area contributed by atoms with Gasteiger partial charge in [0.15, 0.2) is 11.1 Å². The molecule has 6 heteroatoms. The normalized spacial score (nSPS) is 24.7. The molecule has 0 aromatic carbocycles. The van der Waals surface area contributed by atoms with E-state index >= 15 is 0 Å².